The number of carboxylic acids is 1. The highest BCUT2D eigenvalue weighted by Crippen LogP contribution is 2.28. The average molecular weight is 298 g/mol. The zero-order valence-corrected chi connectivity index (χ0v) is 12.9. The smallest absolute Gasteiger partial charge is 0.317 e. The zero-order chi connectivity index (χ0) is 15.4. The summed E-state index contributed by atoms with van der Waals surface area (Å²) < 4.78 is 5.39. The molecule has 1 heterocycles. The molecule has 0 aromatic carbocycles. The van der Waals surface area contributed by atoms with Crippen molar-refractivity contribution in [3.63, 3.8) is 0 Å². The quantitative estimate of drug-likeness (QED) is 0.831. The fourth-order valence-corrected chi connectivity index (χ4v) is 3.55. The van der Waals surface area contributed by atoms with Crippen LogP contribution in [0.5, 0.6) is 0 Å². The van der Waals surface area contributed by atoms with Crippen LogP contribution in [0.3, 0.4) is 0 Å². The second-order valence-corrected chi connectivity index (χ2v) is 6.60. The fraction of sp³-hybridized carbons (Fsp3) is 0.867. The third kappa shape index (κ3) is 4.88. The lowest BCUT2D eigenvalue weighted by atomic mass is 9.80. The highest BCUT2D eigenvalue weighted by Gasteiger charge is 2.29. The van der Waals surface area contributed by atoms with Gasteiger partial charge in [-0.1, -0.05) is 13.8 Å². The third-order valence-corrected chi connectivity index (χ3v) is 4.33. The summed E-state index contributed by atoms with van der Waals surface area (Å²) in [5.74, 6) is 0.393. The van der Waals surface area contributed by atoms with Gasteiger partial charge in [-0.05, 0) is 31.1 Å². The number of aliphatic carboxylic acids is 1. The number of carboxylic acid groups (broad SMARTS) is 1. The Morgan fingerprint density at radius 2 is 1.90 bits per heavy atom. The molecule has 1 saturated heterocycles. The summed E-state index contributed by atoms with van der Waals surface area (Å²) >= 11 is 0. The zero-order valence-electron chi connectivity index (χ0n) is 12.9. The van der Waals surface area contributed by atoms with E-state index in [9.17, 15) is 9.59 Å². The van der Waals surface area contributed by atoms with Crippen LogP contribution >= 0.6 is 0 Å². The summed E-state index contributed by atoms with van der Waals surface area (Å²) in [5, 5.41) is 11.9. The molecule has 21 heavy (non-hydrogen) atoms. The maximum absolute atomic E-state index is 12.3. The Hall–Kier alpha value is -1.30. The highest BCUT2D eigenvalue weighted by molar-refractivity contribution is 5.75. The second kappa shape index (κ2) is 7.11. The van der Waals surface area contributed by atoms with Crippen LogP contribution in [0.25, 0.3) is 0 Å². The third-order valence-electron chi connectivity index (χ3n) is 4.33. The number of urea groups is 1. The normalized spacial score (nSPS) is 33.5. The minimum Gasteiger partial charge on any atom is -0.481 e. The van der Waals surface area contributed by atoms with E-state index in [1.807, 2.05) is 0 Å². The number of hydrogen-bond acceptors (Lipinski definition) is 3. The summed E-state index contributed by atoms with van der Waals surface area (Å²) in [6, 6.07) is 0.150. The Kier molecular flexibility index (Phi) is 5.45. The van der Waals surface area contributed by atoms with Gasteiger partial charge >= 0.3 is 12.0 Å². The Balaban J connectivity index is 1.83. The van der Waals surface area contributed by atoms with Gasteiger partial charge in [-0.15, -0.1) is 0 Å². The molecule has 6 nitrogen and oxygen atoms in total. The summed E-state index contributed by atoms with van der Waals surface area (Å²) in [5.41, 5.74) is 0. The molecule has 2 rings (SSSR count). The molecule has 0 aromatic rings. The molecule has 2 fully saturated rings. The molecule has 1 saturated carbocycles. The molecule has 2 N–H and O–H groups in total. The van der Waals surface area contributed by atoms with Gasteiger partial charge in [0.2, 0.25) is 0 Å². The molecular weight excluding hydrogens is 272 g/mol. The lowest BCUT2D eigenvalue weighted by Crippen LogP contribution is -2.53. The van der Waals surface area contributed by atoms with Crippen LogP contribution in [0.1, 0.15) is 39.5 Å². The standard InChI is InChI=1S/C15H26N2O4/c1-10-5-11(2)7-12(6-10)16-15(20)17-3-4-21-13(9-17)8-14(18)19/h10-13H,3-9H2,1-2H3,(H,16,20)(H,18,19). The van der Waals surface area contributed by atoms with Gasteiger partial charge in [-0.2, -0.15) is 0 Å². The molecular formula is C15H26N2O4. The molecule has 2 amide bonds. The van der Waals surface area contributed by atoms with Gasteiger partial charge in [0.1, 0.15) is 0 Å². The SMILES string of the molecule is CC1CC(C)CC(NC(=O)N2CCOC(CC(=O)O)C2)C1. The first kappa shape index (κ1) is 16.1. The Morgan fingerprint density at radius 3 is 2.52 bits per heavy atom. The Morgan fingerprint density at radius 1 is 1.24 bits per heavy atom. The van der Waals surface area contributed by atoms with Crippen molar-refractivity contribution < 1.29 is 19.4 Å². The Bertz CT molecular complexity index is 378. The number of rotatable bonds is 3. The minimum absolute atomic E-state index is 0.0543. The molecule has 0 spiro atoms. The van der Waals surface area contributed by atoms with Gasteiger partial charge in [-0.25, -0.2) is 4.79 Å². The van der Waals surface area contributed by atoms with Gasteiger partial charge < -0.3 is 20.1 Å². The van der Waals surface area contributed by atoms with Gasteiger partial charge in [0.15, 0.2) is 0 Å². The summed E-state index contributed by atoms with van der Waals surface area (Å²) in [6.07, 6.45) is 2.83. The first-order valence-corrected chi connectivity index (χ1v) is 7.83. The van der Waals surface area contributed by atoms with Crippen LogP contribution in [-0.2, 0) is 9.53 Å². The molecule has 3 unspecified atom stereocenters. The summed E-state index contributed by atoms with van der Waals surface area (Å²) in [7, 11) is 0. The summed E-state index contributed by atoms with van der Waals surface area (Å²) in [6.45, 7) is 5.75. The van der Waals surface area contributed by atoms with E-state index >= 15 is 0 Å². The molecule has 0 aromatic heterocycles. The van der Waals surface area contributed by atoms with Crippen LogP contribution in [-0.4, -0.2) is 53.8 Å². The van der Waals surface area contributed by atoms with Gasteiger partial charge in [0.05, 0.1) is 19.1 Å². The first-order valence-electron chi connectivity index (χ1n) is 7.83. The molecule has 120 valence electrons. The van der Waals surface area contributed by atoms with Gasteiger partial charge in [0, 0.05) is 19.1 Å². The van der Waals surface area contributed by atoms with E-state index < -0.39 is 12.1 Å². The first-order chi connectivity index (χ1) is 9.94. The number of morpholine rings is 1. The predicted molar refractivity (Wildman–Crippen MR) is 78.1 cm³/mol. The van der Waals surface area contributed by atoms with Crippen molar-refractivity contribution in [2.45, 2.75) is 51.7 Å². The maximum atomic E-state index is 12.3. The number of nitrogens with zero attached hydrogens (tertiary/aromatic N) is 1. The molecule has 1 aliphatic carbocycles. The average Bonchev–Trinajstić information content (AvgIpc) is 2.36. The van der Waals surface area contributed by atoms with Crippen LogP contribution < -0.4 is 5.32 Å². The van der Waals surface area contributed by atoms with E-state index in [0.29, 0.717) is 31.5 Å². The molecule has 6 heteroatoms. The van der Waals surface area contributed by atoms with Crippen molar-refractivity contribution in [2.75, 3.05) is 19.7 Å². The monoisotopic (exact) mass is 298 g/mol. The number of nitrogens with one attached hydrogen (secondary N) is 1. The number of ether oxygens (including phenoxy) is 1. The topological polar surface area (TPSA) is 78.9 Å². The predicted octanol–water partition coefficient (Wildman–Crippen LogP) is 1.70. The van der Waals surface area contributed by atoms with Gasteiger partial charge in [-0.3, -0.25) is 4.79 Å². The van der Waals surface area contributed by atoms with Crippen molar-refractivity contribution >= 4 is 12.0 Å². The lowest BCUT2D eigenvalue weighted by molar-refractivity contribution is -0.141. The fourth-order valence-electron chi connectivity index (χ4n) is 3.55. The van der Waals surface area contributed by atoms with Crippen molar-refractivity contribution in [3.05, 3.63) is 0 Å². The molecule has 0 radical (unpaired) electrons. The van der Waals surface area contributed by atoms with Gasteiger partial charge in [0.25, 0.3) is 0 Å². The van der Waals surface area contributed by atoms with E-state index in [1.165, 1.54) is 6.42 Å². The molecule has 2 aliphatic rings. The maximum Gasteiger partial charge on any atom is 0.317 e. The number of carbonyl (C=O) groups is 2. The number of carbonyl (C=O) groups excluding carboxylic acids is 1. The Labute approximate surface area is 125 Å². The molecule has 0 bridgehead atoms. The van der Waals surface area contributed by atoms with Crippen molar-refractivity contribution in [2.24, 2.45) is 11.8 Å². The van der Waals surface area contributed by atoms with E-state index in [0.717, 1.165) is 12.8 Å². The van der Waals surface area contributed by atoms with Crippen molar-refractivity contribution in [3.8, 4) is 0 Å². The van der Waals surface area contributed by atoms with Crippen LogP contribution in [0, 0.1) is 11.8 Å². The van der Waals surface area contributed by atoms with Crippen LogP contribution in [0.15, 0.2) is 0 Å². The van der Waals surface area contributed by atoms with Crippen molar-refractivity contribution in [1.29, 1.82) is 0 Å². The molecule has 3 atom stereocenters. The van der Waals surface area contributed by atoms with Crippen LogP contribution in [0.4, 0.5) is 4.79 Å². The lowest BCUT2D eigenvalue weighted by Gasteiger charge is -2.36. The highest BCUT2D eigenvalue weighted by atomic mass is 16.5. The van der Waals surface area contributed by atoms with Crippen LogP contribution in [0.2, 0.25) is 0 Å². The van der Waals surface area contributed by atoms with E-state index in [-0.39, 0.29) is 18.5 Å². The van der Waals surface area contributed by atoms with E-state index in [4.69, 9.17) is 9.84 Å². The van der Waals surface area contributed by atoms with E-state index in [2.05, 4.69) is 19.2 Å². The van der Waals surface area contributed by atoms with Crippen molar-refractivity contribution in [1.82, 2.24) is 10.2 Å². The number of amides is 2. The second-order valence-electron chi connectivity index (χ2n) is 6.60. The largest absolute Gasteiger partial charge is 0.481 e. The minimum atomic E-state index is -0.891. The molecule has 1 aliphatic heterocycles. The summed E-state index contributed by atoms with van der Waals surface area (Å²) in [4.78, 5) is 24.7. The van der Waals surface area contributed by atoms with E-state index in [1.54, 1.807) is 4.90 Å². The number of hydrogen-bond donors (Lipinski definition) is 2.